The number of nitrogens with zero attached hydrogens (tertiary/aromatic N) is 6. The SMILES string of the molecule is CN(C(=O)c1cc2c(cn1)nc(N)c1cncn12)[C@@H]1COc2cc(-c3cnc4c(c3)CC(=O)N4)ccc21. The van der Waals surface area contributed by atoms with Gasteiger partial charge in [-0.25, -0.2) is 19.9 Å². The average molecular weight is 492 g/mol. The van der Waals surface area contributed by atoms with Gasteiger partial charge < -0.3 is 20.7 Å². The lowest BCUT2D eigenvalue weighted by Gasteiger charge is -2.23. The fourth-order valence-corrected chi connectivity index (χ4v) is 4.98. The van der Waals surface area contributed by atoms with Gasteiger partial charge in [-0.1, -0.05) is 12.1 Å². The Kier molecular flexibility index (Phi) is 4.43. The summed E-state index contributed by atoms with van der Waals surface area (Å²) in [4.78, 5) is 44.0. The normalized spacial score (nSPS) is 15.9. The summed E-state index contributed by atoms with van der Waals surface area (Å²) >= 11 is 0. The first-order valence-corrected chi connectivity index (χ1v) is 11.7. The molecule has 0 spiro atoms. The van der Waals surface area contributed by atoms with E-state index in [1.807, 2.05) is 24.3 Å². The summed E-state index contributed by atoms with van der Waals surface area (Å²) < 4.78 is 7.78. The van der Waals surface area contributed by atoms with Gasteiger partial charge in [0.25, 0.3) is 5.91 Å². The molecule has 0 saturated carbocycles. The third-order valence-electron chi connectivity index (χ3n) is 6.95. The molecule has 0 aliphatic carbocycles. The number of aromatic nitrogens is 5. The zero-order valence-electron chi connectivity index (χ0n) is 19.7. The molecule has 0 saturated heterocycles. The van der Waals surface area contributed by atoms with E-state index in [0.717, 1.165) is 22.3 Å². The van der Waals surface area contributed by atoms with E-state index >= 15 is 0 Å². The van der Waals surface area contributed by atoms with Crippen molar-refractivity contribution in [3.8, 4) is 16.9 Å². The van der Waals surface area contributed by atoms with Crippen LogP contribution in [-0.4, -0.2) is 54.7 Å². The minimum Gasteiger partial charge on any atom is -0.491 e. The van der Waals surface area contributed by atoms with Gasteiger partial charge in [0, 0.05) is 29.9 Å². The Bertz CT molecular complexity index is 1780. The smallest absolute Gasteiger partial charge is 0.272 e. The Morgan fingerprint density at radius 1 is 1.14 bits per heavy atom. The molecule has 7 rings (SSSR count). The number of nitrogen functional groups attached to an aromatic ring is 1. The maximum absolute atomic E-state index is 13.4. The molecule has 2 aliphatic heterocycles. The molecule has 3 N–H and O–H groups in total. The number of carbonyl (C=O) groups excluding carboxylic acids is 2. The van der Waals surface area contributed by atoms with Crippen LogP contribution in [0, 0.1) is 0 Å². The predicted molar refractivity (Wildman–Crippen MR) is 135 cm³/mol. The molecule has 1 aromatic carbocycles. The maximum atomic E-state index is 13.4. The fourth-order valence-electron chi connectivity index (χ4n) is 4.98. The van der Waals surface area contributed by atoms with Crippen molar-refractivity contribution in [2.75, 3.05) is 24.7 Å². The predicted octanol–water partition coefficient (Wildman–Crippen LogP) is 2.62. The summed E-state index contributed by atoms with van der Waals surface area (Å²) in [6.07, 6.45) is 6.87. The molecular weight excluding hydrogens is 472 g/mol. The van der Waals surface area contributed by atoms with Crippen LogP contribution in [0.2, 0.25) is 0 Å². The Labute approximate surface area is 209 Å². The van der Waals surface area contributed by atoms with Crippen LogP contribution < -0.4 is 15.8 Å². The van der Waals surface area contributed by atoms with Gasteiger partial charge in [0.2, 0.25) is 5.91 Å². The number of ether oxygens (including phenoxy) is 1. The van der Waals surface area contributed by atoms with Crippen LogP contribution in [0.5, 0.6) is 5.75 Å². The second-order valence-corrected chi connectivity index (χ2v) is 9.16. The van der Waals surface area contributed by atoms with Crippen molar-refractivity contribution in [1.29, 1.82) is 0 Å². The molecule has 0 unspecified atom stereocenters. The molecule has 0 fully saturated rings. The van der Waals surface area contributed by atoms with Gasteiger partial charge in [-0.15, -0.1) is 0 Å². The largest absolute Gasteiger partial charge is 0.491 e. The number of fused-ring (bicyclic) bond motifs is 5. The summed E-state index contributed by atoms with van der Waals surface area (Å²) in [5.41, 5.74) is 11.8. The molecular formula is C26H20N8O3. The molecule has 1 atom stereocenters. The zero-order chi connectivity index (χ0) is 25.3. The minimum absolute atomic E-state index is 0.0526. The number of hydrogen-bond donors (Lipinski definition) is 2. The van der Waals surface area contributed by atoms with Crippen LogP contribution in [0.15, 0.2) is 55.2 Å². The summed E-state index contributed by atoms with van der Waals surface area (Å²) in [5.74, 6) is 1.38. The van der Waals surface area contributed by atoms with E-state index in [4.69, 9.17) is 10.5 Å². The first-order valence-electron chi connectivity index (χ1n) is 11.7. The Morgan fingerprint density at radius 2 is 2.03 bits per heavy atom. The number of benzene rings is 1. The highest BCUT2D eigenvalue weighted by Gasteiger charge is 2.32. The maximum Gasteiger partial charge on any atom is 0.272 e. The fraction of sp³-hybridized carbons (Fsp3) is 0.154. The van der Waals surface area contributed by atoms with Gasteiger partial charge in [0.05, 0.1) is 36.7 Å². The molecule has 0 bridgehead atoms. The number of amides is 2. The quantitative estimate of drug-likeness (QED) is 0.392. The molecule has 2 amide bonds. The number of carbonyl (C=O) groups is 2. The second kappa shape index (κ2) is 7.72. The molecule has 11 nitrogen and oxygen atoms in total. The average Bonchev–Trinajstić information content (AvgIpc) is 3.64. The van der Waals surface area contributed by atoms with Crippen molar-refractivity contribution in [3.05, 3.63) is 72.1 Å². The lowest BCUT2D eigenvalue weighted by molar-refractivity contribution is -0.115. The van der Waals surface area contributed by atoms with Gasteiger partial charge >= 0.3 is 0 Å². The Balaban J connectivity index is 1.18. The second-order valence-electron chi connectivity index (χ2n) is 9.16. The molecule has 6 heterocycles. The Hall–Kier alpha value is -5.06. The third kappa shape index (κ3) is 3.28. The number of nitrogens with two attached hydrogens (primary N) is 1. The lowest BCUT2D eigenvalue weighted by Crippen LogP contribution is -2.32. The Morgan fingerprint density at radius 3 is 2.92 bits per heavy atom. The van der Waals surface area contributed by atoms with Crippen molar-refractivity contribution < 1.29 is 14.3 Å². The van der Waals surface area contributed by atoms with Crippen LogP contribution in [0.25, 0.3) is 27.7 Å². The highest BCUT2D eigenvalue weighted by molar-refractivity contribution is 5.98. The third-order valence-corrected chi connectivity index (χ3v) is 6.95. The van der Waals surface area contributed by atoms with E-state index < -0.39 is 0 Å². The first-order chi connectivity index (χ1) is 18.0. The molecule has 2 aliphatic rings. The number of likely N-dealkylation sites (N-methyl/N-ethyl adjacent to an activating group) is 1. The summed E-state index contributed by atoms with van der Waals surface area (Å²) in [6.45, 7) is 0.333. The van der Waals surface area contributed by atoms with Crippen molar-refractivity contribution in [3.63, 3.8) is 0 Å². The van der Waals surface area contributed by atoms with Gasteiger partial charge in [-0.3, -0.25) is 14.0 Å². The highest BCUT2D eigenvalue weighted by Crippen LogP contribution is 2.39. The van der Waals surface area contributed by atoms with Crippen molar-refractivity contribution in [1.82, 2.24) is 29.2 Å². The van der Waals surface area contributed by atoms with E-state index in [9.17, 15) is 9.59 Å². The summed E-state index contributed by atoms with van der Waals surface area (Å²) in [5, 5.41) is 2.75. The monoisotopic (exact) mass is 492 g/mol. The van der Waals surface area contributed by atoms with Gasteiger partial charge in [0.1, 0.15) is 40.7 Å². The van der Waals surface area contributed by atoms with Crippen molar-refractivity contribution in [2.24, 2.45) is 0 Å². The van der Waals surface area contributed by atoms with Crippen molar-refractivity contribution in [2.45, 2.75) is 12.5 Å². The topological polar surface area (TPSA) is 141 Å². The molecule has 5 aromatic rings. The number of nitrogens with one attached hydrogen (secondary N) is 1. The van der Waals surface area contributed by atoms with E-state index in [0.29, 0.717) is 47.0 Å². The van der Waals surface area contributed by atoms with Crippen LogP contribution >= 0.6 is 0 Å². The molecule has 0 radical (unpaired) electrons. The lowest BCUT2D eigenvalue weighted by atomic mass is 10.0. The summed E-state index contributed by atoms with van der Waals surface area (Å²) in [7, 11) is 1.74. The number of pyridine rings is 2. The minimum atomic E-state index is -0.271. The first kappa shape index (κ1) is 21.2. The molecule has 11 heteroatoms. The highest BCUT2D eigenvalue weighted by atomic mass is 16.5. The van der Waals surface area contributed by atoms with E-state index in [1.165, 1.54) is 0 Å². The standard InChI is InChI=1S/C26H20N8O3/c1-33(26(36)17-7-19-18(9-29-17)31-24(27)20-10-28-12-34(19)20)21-11-37-22-5-13(2-3-16(21)22)15-4-14-6-23(35)32-25(14)30-8-15/h2-5,7-10,12,21H,6,11H2,1H3,(H2,27,31)(H,30,32,35)/t21-/m1/s1. The van der Waals surface area contributed by atoms with E-state index in [2.05, 4.69) is 25.3 Å². The zero-order valence-corrected chi connectivity index (χ0v) is 19.7. The van der Waals surface area contributed by atoms with E-state index in [-0.39, 0.29) is 23.6 Å². The number of rotatable bonds is 3. The number of hydrogen-bond acceptors (Lipinski definition) is 8. The van der Waals surface area contributed by atoms with E-state index in [1.54, 1.807) is 47.3 Å². The molecule has 4 aromatic heterocycles. The van der Waals surface area contributed by atoms with Crippen LogP contribution in [-0.2, 0) is 11.2 Å². The van der Waals surface area contributed by atoms with Crippen LogP contribution in [0.4, 0.5) is 11.6 Å². The molecule has 37 heavy (non-hydrogen) atoms. The van der Waals surface area contributed by atoms with Crippen molar-refractivity contribution >= 4 is 40.0 Å². The van der Waals surface area contributed by atoms with Gasteiger partial charge in [0.15, 0.2) is 0 Å². The molecule has 182 valence electrons. The number of imidazole rings is 1. The van der Waals surface area contributed by atoms with Gasteiger partial charge in [-0.05, 0) is 23.8 Å². The van der Waals surface area contributed by atoms with Crippen LogP contribution in [0.1, 0.15) is 27.7 Å². The van der Waals surface area contributed by atoms with Crippen LogP contribution in [0.3, 0.4) is 0 Å². The summed E-state index contributed by atoms with van der Waals surface area (Å²) in [6, 6.07) is 9.29. The number of anilines is 2. The van der Waals surface area contributed by atoms with Gasteiger partial charge in [-0.2, -0.15) is 0 Å².